The Bertz CT molecular complexity index is 707. The topological polar surface area (TPSA) is 84.8 Å². The van der Waals surface area contributed by atoms with E-state index >= 15 is 0 Å². The van der Waals surface area contributed by atoms with E-state index in [2.05, 4.69) is 16.5 Å². The molecule has 6 heteroatoms. The Morgan fingerprint density at radius 1 is 1.36 bits per heavy atom. The lowest BCUT2D eigenvalue weighted by Crippen LogP contribution is -2.08. The van der Waals surface area contributed by atoms with E-state index in [4.69, 9.17) is 10.5 Å². The number of nitrogens with zero attached hydrogens (tertiary/aromatic N) is 3. The quantitative estimate of drug-likeness (QED) is 0.501. The van der Waals surface area contributed by atoms with Gasteiger partial charge in [0.05, 0.1) is 0 Å². The Morgan fingerprint density at radius 3 is 2.73 bits per heavy atom. The number of hydrogen-bond acceptors (Lipinski definition) is 6. The van der Waals surface area contributed by atoms with Gasteiger partial charge in [-0.3, -0.25) is 0 Å². The van der Waals surface area contributed by atoms with Gasteiger partial charge in [0, 0.05) is 5.75 Å². The summed E-state index contributed by atoms with van der Waals surface area (Å²) in [5.41, 5.74) is 7.72. The van der Waals surface area contributed by atoms with E-state index in [1.165, 1.54) is 11.8 Å². The second kappa shape index (κ2) is 7.48. The zero-order valence-corrected chi connectivity index (χ0v) is 13.1. The molecule has 2 aromatic rings. The van der Waals surface area contributed by atoms with Gasteiger partial charge in [-0.25, -0.2) is 9.97 Å². The zero-order valence-electron chi connectivity index (χ0n) is 12.2. The van der Waals surface area contributed by atoms with Crippen molar-refractivity contribution >= 4 is 17.6 Å². The van der Waals surface area contributed by atoms with Gasteiger partial charge in [-0.1, -0.05) is 35.5 Å². The fourth-order valence-corrected chi connectivity index (χ4v) is 2.32. The van der Waals surface area contributed by atoms with Crippen molar-refractivity contribution in [2.24, 2.45) is 0 Å². The number of aryl methyl sites for hydroxylation is 1. The molecule has 0 spiro atoms. The molecule has 2 N–H and O–H groups in total. The lowest BCUT2D eigenvalue weighted by atomic mass is 10.2. The minimum Gasteiger partial charge on any atom is -0.487 e. The highest BCUT2D eigenvalue weighted by Crippen LogP contribution is 2.21. The Morgan fingerprint density at radius 2 is 2.09 bits per heavy atom. The second-order valence-electron chi connectivity index (χ2n) is 4.53. The SMILES string of the molecule is C=CCSc1nc(N)c(C#N)c(COc2ccc(C)cc2)n1. The number of hydrogen-bond donors (Lipinski definition) is 1. The van der Waals surface area contributed by atoms with Crippen molar-refractivity contribution in [1.29, 1.82) is 5.26 Å². The maximum atomic E-state index is 9.21. The van der Waals surface area contributed by atoms with E-state index < -0.39 is 0 Å². The standard InChI is InChI=1S/C16H16N4OS/c1-3-8-22-16-19-14(13(9-17)15(18)20-16)10-21-12-6-4-11(2)5-7-12/h3-7H,1,8,10H2,2H3,(H2,18,19,20). The van der Waals surface area contributed by atoms with Crippen LogP contribution in [-0.2, 0) is 6.61 Å². The Balaban J connectivity index is 2.20. The van der Waals surface area contributed by atoms with Crippen molar-refractivity contribution in [3.63, 3.8) is 0 Å². The molecule has 0 radical (unpaired) electrons. The van der Waals surface area contributed by atoms with Crippen LogP contribution in [0.25, 0.3) is 0 Å². The largest absolute Gasteiger partial charge is 0.487 e. The molecule has 2 rings (SSSR count). The molecule has 0 aliphatic carbocycles. The number of nitrogens with two attached hydrogens (primary N) is 1. The second-order valence-corrected chi connectivity index (χ2v) is 5.51. The molecule has 1 aromatic heterocycles. The van der Waals surface area contributed by atoms with Crippen LogP contribution < -0.4 is 10.5 Å². The molecule has 1 aromatic carbocycles. The first-order valence-electron chi connectivity index (χ1n) is 6.63. The molecule has 0 amide bonds. The molecule has 0 saturated heterocycles. The molecule has 0 fully saturated rings. The lowest BCUT2D eigenvalue weighted by molar-refractivity contribution is 0.299. The molecule has 0 atom stereocenters. The number of benzene rings is 1. The average Bonchev–Trinajstić information content (AvgIpc) is 2.52. The summed E-state index contributed by atoms with van der Waals surface area (Å²) >= 11 is 1.41. The third-order valence-electron chi connectivity index (χ3n) is 2.83. The number of nitrogen functional groups attached to an aromatic ring is 1. The van der Waals surface area contributed by atoms with Gasteiger partial charge in [0.15, 0.2) is 5.16 Å². The fraction of sp³-hybridized carbons (Fsp3) is 0.188. The van der Waals surface area contributed by atoms with E-state index in [0.717, 1.165) is 5.56 Å². The van der Waals surface area contributed by atoms with Gasteiger partial charge in [0.1, 0.15) is 35.5 Å². The van der Waals surface area contributed by atoms with Crippen LogP contribution in [-0.4, -0.2) is 15.7 Å². The van der Waals surface area contributed by atoms with Gasteiger partial charge in [0.25, 0.3) is 0 Å². The van der Waals surface area contributed by atoms with Gasteiger partial charge in [-0.2, -0.15) is 5.26 Å². The summed E-state index contributed by atoms with van der Waals surface area (Å²) in [5, 5.41) is 9.72. The number of aromatic nitrogens is 2. The van der Waals surface area contributed by atoms with Crippen LogP contribution in [0.15, 0.2) is 42.1 Å². The van der Waals surface area contributed by atoms with Gasteiger partial charge >= 0.3 is 0 Å². The molecule has 0 aliphatic heterocycles. The predicted molar refractivity (Wildman–Crippen MR) is 87.6 cm³/mol. The van der Waals surface area contributed by atoms with Crippen molar-refractivity contribution in [2.45, 2.75) is 18.7 Å². The highest BCUT2D eigenvalue weighted by atomic mass is 32.2. The van der Waals surface area contributed by atoms with E-state index in [1.54, 1.807) is 6.08 Å². The van der Waals surface area contributed by atoms with E-state index in [1.807, 2.05) is 37.3 Å². The molecule has 22 heavy (non-hydrogen) atoms. The molecule has 0 unspecified atom stereocenters. The summed E-state index contributed by atoms with van der Waals surface area (Å²) in [5.74, 6) is 1.56. The van der Waals surface area contributed by atoms with Gasteiger partial charge < -0.3 is 10.5 Å². The van der Waals surface area contributed by atoms with Crippen LogP contribution in [0.5, 0.6) is 5.75 Å². The summed E-state index contributed by atoms with van der Waals surface area (Å²) in [6.45, 7) is 5.83. The molecular formula is C16H16N4OS. The molecule has 112 valence electrons. The molecular weight excluding hydrogens is 296 g/mol. The lowest BCUT2D eigenvalue weighted by Gasteiger charge is -2.10. The first-order valence-corrected chi connectivity index (χ1v) is 7.62. The van der Waals surface area contributed by atoms with Crippen molar-refractivity contribution in [3.8, 4) is 11.8 Å². The van der Waals surface area contributed by atoms with Crippen molar-refractivity contribution in [1.82, 2.24) is 9.97 Å². The van der Waals surface area contributed by atoms with E-state index in [0.29, 0.717) is 22.4 Å². The van der Waals surface area contributed by atoms with Crippen LogP contribution in [0.1, 0.15) is 16.8 Å². The third-order valence-corrected chi connectivity index (χ3v) is 3.67. The molecule has 0 saturated carbocycles. The van der Waals surface area contributed by atoms with E-state index in [9.17, 15) is 5.26 Å². The van der Waals surface area contributed by atoms with Crippen molar-refractivity contribution in [2.75, 3.05) is 11.5 Å². The number of rotatable bonds is 6. The smallest absolute Gasteiger partial charge is 0.190 e. The predicted octanol–water partition coefficient (Wildman–Crippen LogP) is 3.10. The van der Waals surface area contributed by atoms with Crippen molar-refractivity contribution in [3.05, 3.63) is 53.7 Å². The van der Waals surface area contributed by atoms with Crippen LogP contribution >= 0.6 is 11.8 Å². The normalized spacial score (nSPS) is 10.0. The van der Waals surface area contributed by atoms with Gasteiger partial charge in [-0.05, 0) is 19.1 Å². The zero-order chi connectivity index (χ0) is 15.9. The fourth-order valence-electron chi connectivity index (χ4n) is 1.71. The van der Waals surface area contributed by atoms with E-state index in [-0.39, 0.29) is 18.0 Å². The average molecular weight is 312 g/mol. The van der Waals surface area contributed by atoms with Crippen LogP contribution in [0.2, 0.25) is 0 Å². The molecule has 0 aliphatic rings. The van der Waals surface area contributed by atoms with Crippen molar-refractivity contribution < 1.29 is 4.74 Å². The first-order chi connectivity index (χ1) is 10.6. The maximum absolute atomic E-state index is 9.21. The number of anilines is 1. The molecule has 0 bridgehead atoms. The number of nitriles is 1. The summed E-state index contributed by atoms with van der Waals surface area (Å²) < 4.78 is 5.68. The number of ether oxygens (including phenoxy) is 1. The maximum Gasteiger partial charge on any atom is 0.190 e. The Kier molecular flexibility index (Phi) is 5.39. The Hall–Kier alpha value is -2.52. The van der Waals surface area contributed by atoms with Gasteiger partial charge in [0.2, 0.25) is 0 Å². The Labute approximate surface area is 133 Å². The van der Waals surface area contributed by atoms with Crippen LogP contribution in [0, 0.1) is 18.3 Å². The minimum atomic E-state index is 0.167. The first kappa shape index (κ1) is 15.9. The summed E-state index contributed by atoms with van der Waals surface area (Å²) in [4.78, 5) is 8.46. The summed E-state index contributed by atoms with van der Waals surface area (Å²) in [7, 11) is 0. The highest BCUT2D eigenvalue weighted by molar-refractivity contribution is 7.99. The minimum absolute atomic E-state index is 0.167. The van der Waals surface area contributed by atoms with Crippen LogP contribution in [0.4, 0.5) is 5.82 Å². The molecule has 1 heterocycles. The highest BCUT2D eigenvalue weighted by Gasteiger charge is 2.13. The van der Waals surface area contributed by atoms with Gasteiger partial charge in [-0.15, -0.1) is 6.58 Å². The molecule has 5 nitrogen and oxygen atoms in total. The summed E-state index contributed by atoms with van der Waals surface area (Å²) in [6, 6.07) is 9.70. The number of thioether (sulfide) groups is 1. The monoisotopic (exact) mass is 312 g/mol. The van der Waals surface area contributed by atoms with Crippen LogP contribution in [0.3, 0.4) is 0 Å². The third kappa shape index (κ3) is 3.99. The summed E-state index contributed by atoms with van der Waals surface area (Å²) in [6.07, 6.45) is 1.75.